The molecule has 0 atom stereocenters. The van der Waals surface area contributed by atoms with Gasteiger partial charge in [0.15, 0.2) is 5.78 Å². The van der Waals surface area contributed by atoms with E-state index in [1.54, 1.807) is 17.0 Å². The molecule has 2 aromatic rings. The Labute approximate surface area is 163 Å². The molecule has 3 amide bonds. The van der Waals surface area contributed by atoms with Gasteiger partial charge in [-0.2, -0.15) is 0 Å². The maximum atomic E-state index is 13.2. The highest BCUT2D eigenvalue weighted by atomic mass is 16.2. The summed E-state index contributed by atoms with van der Waals surface area (Å²) < 4.78 is 0. The van der Waals surface area contributed by atoms with E-state index in [4.69, 9.17) is 5.73 Å². The summed E-state index contributed by atoms with van der Waals surface area (Å²) in [5.74, 6) is 0.0214. The topological polar surface area (TPSA) is 83.7 Å². The van der Waals surface area contributed by atoms with Crippen LogP contribution in [0.4, 0.5) is 10.5 Å². The van der Waals surface area contributed by atoms with Gasteiger partial charge < -0.3 is 15.5 Å². The van der Waals surface area contributed by atoms with Gasteiger partial charge >= 0.3 is 6.03 Å². The fourth-order valence-corrected chi connectivity index (χ4v) is 4.56. The van der Waals surface area contributed by atoms with Crippen molar-refractivity contribution in [2.24, 2.45) is 5.73 Å². The Bertz CT molecular complexity index is 944. The van der Waals surface area contributed by atoms with Crippen molar-refractivity contribution in [3.8, 4) is 0 Å². The van der Waals surface area contributed by atoms with Gasteiger partial charge in [0.1, 0.15) is 0 Å². The van der Waals surface area contributed by atoms with Gasteiger partial charge in [0, 0.05) is 24.3 Å². The van der Waals surface area contributed by atoms with E-state index in [1.165, 1.54) is 6.92 Å². The van der Waals surface area contributed by atoms with Crippen LogP contribution in [0.1, 0.15) is 41.3 Å². The minimum absolute atomic E-state index is 0.00801. The van der Waals surface area contributed by atoms with Crippen molar-refractivity contribution in [3.63, 3.8) is 0 Å². The van der Waals surface area contributed by atoms with Crippen molar-refractivity contribution in [1.29, 1.82) is 0 Å². The quantitative estimate of drug-likeness (QED) is 0.817. The van der Waals surface area contributed by atoms with Crippen molar-refractivity contribution in [2.45, 2.75) is 31.7 Å². The van der Waals surface area contributed by atoms with Gasteiger partial charge in [-0.15, -0.1) is 0 Å². The number of piperidine rings is 1. The molecular weight excluding hydrogens is 354 g/mol. The van der Waals surface area contributed by atoms with Crippen LogP contribution in [0.15, 0.2) is 48.5 Å². The number of ketones is 1. The van der Waals surface area contributed by atoms with Crippen LogP contribution in [-0.4, -0.2) is 35.7 Å². The lowest BCUT2D eigenvalue weighted by Crippen LogP contribution is -2.59. The molecule has 1 saturated heterocycles. The van der Waals surface area contributed by atoms with Crippen LogP contribution in [0.2, 0.25) is 0 Å². The first kappa shape index (κ1) is 18.2. The molecule has 0 bridgehead atoms. The molecule has 2 aromatic carbocycles. The van der Waals surface area contributed by atoms with Gasteiger partial charge in [0.2, 0.25) is 5.91 Å². The van der Waals surface area contributed by atoms with E-state index in [0.717, 1.165) is 16.8 Å². The van der Waals surface area contributed by atoms with Crippen LogP contribution < -0.4 is 10.6 Å². The number of rotatable bonds is 2. The van der Waals surface area contributed by atoms with Crippen LogP contribution in [0, 0.1) is 0 Å². The Morgan fingerprint density at radius 1 is 1.00 bits per heavy atom. The lowest BCUT2D eigenvalue weighted by atomic mass is 9.73. The molecule has 0 aliphatic carbocycles. The van der Waals surface area contributed by atoms with E-state index >= 15 is 0 Å². The van der Waals surface area contributed by atoms with E-state index < -0.39 is 11.6 Å². The molecule has 6 heteroatoms. The highest BCUT2D eigenvalue weighted by Crippen LogP contribution is 2.46. The van der Waals surface area contributed by atoms with E-state index in [-0.39, 0.29) is 11.7 Å². The first-order chi connectivity index (χ1) is 13.4. The lowest BCUT2D eigenvalue weighted by molar-refractivity contribution is -0.120. The van der Waals surface area contributed by atoms with E-state index in [0.29, 0.717) is 37.9 Å². The van der Waals surface area contributed by atoms with Crippen LogP contribution in [0.25, 0.3) is 0 Å². The fraction of sp³-hybridized carbons (Fsp3) is 0.318. The Kier molecular flexibility index (Phi) is 4.41. The number of hydrogen-bond donors (Lipinski definition) is 1. The van der Waals surface area contributed by atoms with E-state index in [1.807, 2.05) is 35.2 Å². The summed E-state index contributed by atoms with van der Waals surface area (Å²) in [6.45, 7) is 2.52. The van der Waals surface area contributed by atoms with Gasteiger partial charge in [-0.1, -0.05) is 24.3 Å². The average molecular weight is 377 g/mol. The van der Waals surface area contributed by atoms with Crippen molar-refractivity contribution in [1.82, 2.24) is 4.90 Å². The lowest BCUT2D eigenvalue weighted by Gasteiger charge is -2.52. The predicted octanol–water partition coefficient (Wildman–Crippen LogP) is 2.85. The van der Waals surface area contributed by atoms with Crippen LogP contribution in [-0.2, 0) is 16.8 Å². The highest BCUT2D eigenvalue weighted by Gasteiger charge is 2.48. The largest absolute Gasteiger partial charge is 0.351 e. The molecule has 2 aliphatic rings. The van der Waals surface area contributed by atoms with Gasteiger partial charge in [-0.3, -0.25) is 9.59 Å². The maximum Gasteiger partial charge on any atom is 0.314 e. The number of benzene rings is 2. The summed E-state index contributed by atoms with van der Waals surface area (Å²) in [6, 6.07) is 14.8. The van der Waals surface area contributed by atoms with E-state index in [9.17, 15) is 14.4 Å². The SMILES string of the molecule is CC(=O)c1ccc(N2C(=O)Cc3ccccc3C23CCN(C(N)=O)CC3)cc1. The maximum absolute atomic E-state index is 13.2. The number of fused-ring (bicyclic) bond motifs is 2. The van der Waals surface area contributed by atoms with Gasteiger partial charge in [0.05, 0.1) is 12.0 Å². The van der Waals surface area contributed by atoms with Crippen LogP contribution in [0.5, 0.6) is 0 Å². The van der Waals surface area contributed by atoms with E-state index in [2.05, 4.69) is 6.07 Å². The zero-order valence-corrected chi connectivity index (χ0v) is 15.9. The second-order valence-corrected chi connectivity index (χ2v) is 7.52. The normalized spacial score (nSPS) is 18.1. The molecule has 0 aromatic heterocycles. The number of anilines is 1. The number of carbonyl (C=O) groups is 3. The predicted molar refractivity (Wildman–Crippen MR) is 106 cm³/mol. The van der Waals surface area contributed by atoms with Crippen LogP contribution in [0.3, 0.4) is 0 Å². The minimum Gasteiger partial charge on any atom is -0.351 e. The molecule has 4 rings (SSSR count). The Morgan fingerprint density at radius 2 is 1.64 bits per heavy atom. The summed E-state index contributed by atoms with van der Waals surface area (Å²) >= 11 is 0. The third kappa shape index (κ3) is 2.85. The first-order valence-electron chi connectivity index (χ1n) is 9.49. The molecule has 2 N–H and O–H groups in total. The molecule has 0 saturated carbocycles. The standard InChI is InChI=1S/C22H23N3O3/c1-15(26)16-6-8-18(9-7-16)25-20(27)14-17-4-2-3-5-19(17)22(25)10-12-24(13-11-22)21(23)28/h2-9H,10-14H2,1H3,(H2,23,28). The van der Waals surface area contributed by atoms with Crippen molar-refractivity contribution < 1.29 is 14.4 Å². The summed E-state index contributed by atoms with van der Waals surface area (Å²) in [7, 11) is 0. The molecule has 0 unspecified atom stereocenters. The molecular formula is C22H23N3O3. The number of carbonyl (C=O) groups excluding carboxylic acids is 3. The third-order valence-electron chi connectivity index (χ3n) is 5.97. The molecule has 6 nitrogen and oxygen atoms in total. The fourth-order valence-electron chi connectivity index (χ4n) is 4.56. The van der Waals surface area contributed by atoms with Gasteiger partial charge in [0.25, 0.3) is 0 Å². The number of urea groups is 1. The average Bonchev–Trinajstić information content (AvgIpc) is 2.69. The second-order valence-electron chi connectivity index (χ2n) is 7.52. The molecule has 1 spiro atoms. The molecule has 2 heterocycles. The Balaban J connectivity index is 1.80. The van der Waals surface area contributed by atoms with Gasteiger partial charge in [-0.25, -0.2) is 4.79 Å². The summed E-state index contributed by atoms with van der Waals surface area (Å²) in [5.41, 5.74) is 8.52. The molecule has 144 valence electrons. The summed E-state index contributed by atoms with van der Waals surface area (Å²) in [5, 5.41) is 0. The van der Waals surface area contributed by atoms with Crippen molar-refractivity contribution >= 4 is 23.4 Å². The second kappa shape index (κ2) is 6.78. The Morgan fingerprint density at radius 3 is 2.25 bits per heavy atom. The zero-order valence-electron chi connectivity index (χ0n) is 15.9. The molecule has 28 heavy (non-hydrogen) atoms. The third-order valence-corrected chi connectivity index (χ3v) is 5.97. The molecule has 0 radical (unpaired) electrons. The number of hydrogen-bond acceptors (Lipinski definition) is 3. The monoisotopic (exact) mass is 377 g/mol. The number of likely N-dealkylation sites (tertiary alicyclic amines) is 1. The van der Waals surface area contributed by atoms with Gasteiger partial charge in [-0.05, 0) is 55.2 Å². The zero-order chi connectivity index (χ0) is 19.9. The summed E-state index contributed by atoms with van der Waals surface area (Å²) in [4.78, 5) is 40.0. The minimum atomic E-state index is -0.518. The number of Topliss-reactive ketones (excluding diaryl/α,β-unsaturated/α-hetero) is 1. The highest BCUT2D eigenvalue weighted by molar-refractivity contribution is 6.00. The number of nitrogens with zero attached hydrogens (tertiary/aromatic N) is 2. The van der Waals surface area contributed by atoms with Crippen molar-refractivity contribution in [2.75, 3.05) is 18.0 Å². The molecule has 1 fully saturated rings. The number of nitrogens with two attached hydrogens (primary N) is 1. The Hall–Kier alpha value is -3.15. The van der Waals surface area contributed by atoms with Crippen molar-refractivity contribution in [3.05, 3.63) is 65.2 Å². The first-order valence-corrected chi connectivity index (χ1v) is 9.49. The number of primary amides is 1. The smallest absolute Gasteiger partial charge is 0.314 e. The summed E-state index contributed by atoms with van der Waals surface area (Å²) in [6.07, 6.45) is 1.58. The number of amides is 3. The van der Waals surface area contributed by atoms with Crippen LogP contribution >= 0.6 is 0 Å². The molecule has 2 aliphatic heterocycles.